The van der Waals surface area contributed by atoms with Crippen LogP contribution in [0.2, 0.25) is 0 Å². The van der Waals surface area contributed by atoms with Gasteiger partial charge in [0.15, 0.2) is 5.76 Å². The predicted molar refractivity (Wildman–Crippen MR) is 72.1 cm³/mol. The zero-order valence-corrected chi connectivity index (χ0v) is 11.6. The number of nitrogens with zero attached hydrogens (tertiary/aromatic N) is 1. The Kier molecular flexibility index (Phi) is 4.44. The number of carbonyl (C=O) groups excluding carboxylic acids is 2. The van der Waals surface area contributed by atoms with Crippen molar-refractivity contribution in [1.29, 1.82) is 0 Å². The second kappa shape index (κ2) is 6.09. The summed E-state index contributed by atoms with van der Waals surface area (Å²) in [4.78, 5) is 25.2. The number of aliphatic hydroxyl groups is 1. The van der Waals surface area contributed by atoms with Crippen LogP contribution < -0.4 is 5.32 Å². The van der Waals surface area contributed by atoms with E-state index in [-0.39, 0.29) is 30.5 Å². The first-order chi connectivity index (χ1) is 9.48. The molecule has 0 saturated carbocycles. The van der Waals surface area contributed by atoms with Crippen LogP contribution in [0.1, 0.15) is 36.7 Å². The van der Waals surface area contributed by atoms with Gasteiger partial charge in [-0.05, 0) is 31.9 Å². The molecule has 2 heterocycles. The molecule has 6 nitrogen and oxygen atoms in total. The van der Waals surface area contributed by atoms with Crippen LogP contribution in [0, 0.1) is 0 Å². The Labute approximate surface area is 117 Å². The van der Waals surface area contributed by atoms with E-state index in [1.165, 1.54) is 6.26 Å². The van der Waals surface area contributed by atoms with E-state index < -0.39 is 5.60 Å². The highest BCUT2D eigenvalue weighted by Crippen LogP contribution is 2.20. The number of nitrogens with one attached hydrogen (secondary N) is 1. The van der Waals surface area contributed by atoms with Gasteiger partial charge in [0.05, 0.1) is 11.9 Å². The zero-order chi connectivity index (χ0) is 14.6. The summed E-state index contributed by atoms with van der Waals surface area (Å²) in [5.41, 5.74) is -0.800. The molecule has 1 aromatic heterocycles. The van der Waals surface area contributed by atoms with E-state index in [0.717, 1.165) is 6.42 Å². The Bertz CT molecular complexity index is 468. The van der Waals surface area contributed by atoms with Crippen LogP contribution in [-0.4, -0.2) is 47.1 Å². The van der Waals surface area contributed by atoms with Gasteiger partial charge in [-0.1, -0.05) is 0 Å². The summed E-state index contributed by atoms with van der Waals surface area (Å²) in [6, 6.07) is 3.20. The minimum Gasteiger partial charge on any atom is -0.459 e. The minimum atomic E-state index is -0.800. The molecule has 0 spiro atoms. The number of piperidine rings is 1. The predicted octanol–water partition coefficient (Wildman–Crippen LogP) is 0.773. The Morgan fingerprint density at radius 1 is 1.55 bits per heavy atom. The minimum absolute atomic E-state index is 0.0512. The van der Waals surface area contributed by atoms with E-state index in [1.54, 1.807) is 24.0 Å². The van der Waals surface area contributed by atoms with Gasteiger partial charge in [-0.15, -0.1) is 0 Å². The van der Waals surface area contributed by atoms with E-state index in [9.17, 15) is 14.7 Å². The molecular formula is C14H20N2O4. The van der Waals surface area contributed by atoms with Crippen molar-refractivity contribution in [3.8, 4) is 0 Å². The Morgan fingerprint density at radius 2 is 2.35 bits per heavy atom. The van der Waals surface area contributed by atoms with Crippen molar-refractivity contribution >= 4 is 11.8 Å². The summed E-state index contributed by atoms with van der Waals surface area (Å²) < 4.78 is 4.96. The summed E-state index contributed by atoms with van der Waals surface area (Å²) in [5.74, 6) is -0.142. The first-order valence-corrected chi connectivity index (χ1v) is 6.80. The molecule has 110 valence electrons. The summed E-state index contributed by atoms with van der Waals surface area (Å²) in [7, 11) is 0. The average molecular weight is 280 g/mol. The molecule has 1 aromatic rings. The van der Waals surface area contributed by atoms with Crippen molar-refractivity contribution in [1.82, 2.24) is 10.2 Å². The van der Waals surface area contributed by atoms with Crippen molar-refractivity contribution in [3.63, 3.8) is 0 Å². The van der Waals surface area contributed by atoms with Crippen LogP contribution in [0.4, 0.5) is 0 Å². The summed E-state index contributed by atoms with van der Waals surface area (Å²) in [6.45, 7) is 3.03. The molecule has 1 saturated heterocycles. The number of hydrogen-bond acceptors (Lipinski definition) is 4. The number of hydrogen-bond donors (Lipinski definition) is 2. The van der Waals surface area contributed by atoms with Crippen molar-refractivity contribution in [3.05, 3.63) is 24.2 Å². The van der Waals surface area contributed by atoms with Crippen molar-refractivity contribution in [2.24, 2.45) is 0 Å². The molecule has 0 aromatic carbocycles. The van der Waals surface area contributed by atoms with E-state index in [0.29, 0.717) is 19.5 Å². The number of carbonyl (C=O) groups is 2. The molecule has 1 unspecified atom stereocenters. The molecule has 0 bridgehead atoms. The molecule has 6 heteroatoms. The maximum atomic E-state index is 12.0. The SMILES string of the molecule is CC1(O)CCCN(C(=O)CCNC(=O)c2ccco2)C1. The fourth-order valence-electron chi connectivity index (χ4n) is 2.37. The number of rotatable bonds is 4. The van der Waals surface area contributed by atoms with Crippen LogP contribution in [0.25, 0.3) is 0 Å². The van der Waals surface area contributed by atoms with Crippen molar-refractivity contribution in [2.45, 2.75) is 31.8 Å². The summed E-state index contributed by atoms with van der Waals surface area (Å²) in [6.07, 6.45) is 3.17. The van der Waals surface area contributed by atoms with Gasteiger partial charge in [0.25, 0.3) is 5.91 Å². The largest absolute Gasteiger partial charge is 0.459 e. The van der Waals surface area contributed by atoms with Gasteiger partial charge < -0.3 is 19.7 Å². The molecule has 0 aliphatic carbocycles. The number of furan rings is 1. The second-order valence-electron chi connectivity index (χ2n) is 5.40. The first-order valence-electron chi connectivity index (χ1n) is 6.80. The molecule has 1 aliphatic heterocycles. The third kappa shape index (κ3) is 3.84. The normalized spacial score (nSPS) is 22.6. The fraction of sp³-hybridized carbons (Fsp3) is 0.571. The second-order valence-corrected chi connectivity index (χ2v) is 5.40. The fourth-order valence-corrected chi connectivity index (χ4v) is 2.37. The van der Waals surface area contributed by atoms with Crippen LogP contribution in [0.15, 0.2) is 22.8 Å². The molecule has 1 atom stereocenters. The van der Waals surface area contributed by atoms with Gasteiger partial charge in [-0.2, -0.15) is 0 Å². The third-order valence-corrected chi connectivity index (χ3v) is 3.40. The molecule has 1 fully saturated rings. The van der Waals surface area contributed by atoms with Crippen molar-refractivity contribution in [2.75, 3.05) is 19.6 Å². The molecule has 0 radical (unpaired) electrons. The lowest BCUT2D eigenvalue weighted by Crippen LogP contribution is -2.49. The lowest BCUT2D eigenvalue weighted by Gasteiger charge is -2.36. The lowest BCUT2D eigenvalue weighted by atomic mass is 9.95. The average Bonchev–Trinajstić information content (AvgIpc) is 2.91. The zero-order valence-electron chi connectivity index (χ0n) is 11.6. The van der Waals surface area contributed by atoms with Gasteiger partial charge in [-0.25, -0.2) is 0 Å². The topological polar surface area (TPSA) is 82.8 Å². The Balaban J connectivity index is 1.74. The molecule has 20 heavy (non-hydrogen) atoms. The van der Waals surface area contributed by atoms with E-state index in [4.69, 9.17) is 4.42 Å². The highest BCUT2D eigenvalue weighted by molar-refractivity contribution is 5.91. The Morgan fingerprint density at radius 3 is 3.00 bits per heavy atom. The summed E-state index contributed by atoms with van der Waals surface area (Å²) in [5, 5.41) is 12.6. The lowest BCUT2D eigenvalue weighted by molar-refractivity contribution is -0.137. The maximum Gasteiger partial charge on any atom is 0.286 e. The van der Waals surface area contributed by atoms with Gasteiger partial charge >= 0.3 is 0 Å². The molecule has 2 rings (SSSR count). The van der Waals surface area contributed by atoms with Crippen LogP contribution in [0.3, 0.4) is 0 Å². The smallest absolute Gasteiger partial charge is 0.286 e. The van der Waals surface area contributed by atoms with E-state index >= 15 is 0 Å². The quantitative estimate of drug-likeness (QED) is 0.853. The van der Waals surface area contributed by atoms with Gasteiger partial charge in [0.2, 0.25) is 5.91 Å². The highest BCUT2D eigenvalue weighted by atomic mass is 16.3. The van der Waals surface area contributed by atoms with Crippen molar-refractivity contribution < 1.29 is 19.1 Å². The van der Waals surface area contributed by atoms with Gasteiger partial charge in [0.1, 0.15) is 0 Å². The Hall–Kier alpha value is -1.82. The maximum absolute atomic E-state index is 12.0. The van der Waals surface area contributed by atoms with Gasteiger partial charge in [0, 0.05) is 26.1 Å². The molecule has 1 aliphatic rings. The van der Waals surface area contributed by atoms with Crippen LogP contribution >= 0.6 is 0 Å². The molecule has 2 amide bonds. The standard InChI is InChI=1S/C14H20N2O4/c1-14(19)6-3-8-16(10-14)12(17)5-7-15-13(18)11-4-2-9-20-11/h2,4,9,19H,3,5-8,10H2,1H3,(H,15,18). The van der Waals surface area contributed by atoms with E-state index in [2.05, 4.69) is 5.32 Å². The highest BCUT2D eigenvalue weighted by Gasteiger charge is 2.30. The third-order valence-electron chi connectivity index (χ3n) is 3.40. The summed E-state index contributed by atoms with van der Waals surface area (Å²) >= 11 is 0. The van der Waals surface area contributed by atoms with Gasteiger partial charge in [-0.3, -0.25) is 9.59 Å². The molecular weight excluding hydrogens is 260 g/mol. The van der Waals surface area contributed by atoms with Crippen LogP contribution in [0.5, 0.6) is 0 Å². The number of amides is 2. The van der Waals surface area contributed by atoms with Crippen LogP contribution in [-0.2, 0) is 4.79 Å². The molecule has 2 N–H and O–H groups in total. The monoisotopic (exact) mass is 280 g/mol. The number of likely N-dealkylation sites (tertiary alicyclic amines) is 1. The van der Waals surface area contributed by atoms with E-state index in [1.807, 2.05) is 0 Å². The first kappa shape index (κ1) is 14.6. The number of β-amino-alcohol motifs (C(OH)–C–C–N with tert-alkyl or cyclic N) is 1.